The Balaban J connectivity index is 2.86. The van der Waals surface area contributed by atoms with Gasteiger partial charge in [-0.1, -0.05) is 6.07 Å². The summed E-state index contributed by atoms with van der Waals surface area (Å²) < 4.78 is 2.06. The van der Waals surface area contributed by atoms with Gasteiger partial charge in [-0.15, -0.1) is 0 Å². The SMILES string of the molecule is Cc1nc2c(C(=O)O)cccc2n1C(C)(C)C. The van der Waals surface area contributed by atoms with Gasteiger partial charge in [-0.25, -0.2) is 9.78 Å². The smallest absolute Gasteiger partial charge is 0.337 e. The average molecular weight is 232 g/mol. The molecule has 90 valence electrons. The van der Waals surface area contributed by atoms with Crippen molar-refractivity contribution in [3.8, 4) is 0 Å². The van der Waals surface area contributed by atoms with Crippen LogP contribution < -0.4 is 0 Å². The van der Waals surface area contributed by atoms with Crippen LogP contribution >= 0.6 is 0 Å². The lowest BCUT2D eigenvalue weighted by Crippen LogP contribution is -2.22. The van der Waals surface area contributed by atoms with Crippen molar-refractivity contribution in [1.29, 1.82) is 0 Å². The Hall–Kier alpha value is -1.84. The maximum atomic E-state index is 11.1. The fraction of sp³-hybridized carbons (Fsp3) is 0.385. The molecular formula is C13H16N2O2. The molecule has 0 amide bonds. The van der Waals surface area contributed by atoms with E-state index < -0.39 is 5.97 Å². The average Bonchev–Trinajstić information content (AvgIpc) is 2.51. The van der Waals surface area contributed by atoms with Crippen molar-refractivity contribution in [1.82, 2.24) is 9.55 Å². The van der Waals surface area contributed by atoms with Crippen LogP contribution in [0.2, 0.25) is 0 Å². The van der Waals surface area contributed by atoms with Crippen molar-refractivity contribution < 1.29 is 9.90 Å². The van der Waals surface area contributed by atoms with Crippen molar-refractivity contribution in [2.24, 2.45) is 0 Å². The van der Waals surface area contributed by atoms with Gasteiger partial charge in [0.1, 0.15) is 11.3 Å². The third-order valence-electron chi connectivity index (χ3n) is 2.75. The minimum Gasteiger partial charge on any atom is -0.478 e. The second-order valence-electron chi connectivity index (χ2n) is 5.14. The summed E-state index contributed by atoms with van der Waals surface area (Å²) in [5.41, 5.74) is 1.58. The number of hydrogen-bond acceptors (Lipinski definition) is 2. The summed E-state index contributed by atoms with van der Waals surface area (Å²) in [7, 11) is 0. The third-order valence-corrected chi connectivity index (χ3v) is 2.75. The predicted octanol–water partition coefficient (Wildman–Crippen LogP) is 2.80. The van der Waals surface area contributed by atoms with Crippen LogP contribution in [0.25, 0.3) is 11.0 Å². The Bertz CT molecular complexity index is 591. The molecule has 0 fully saturated rings. The lowest BCUT2D eigenvalue weighted by molar-refractivity contribution is 0.0699. The van der Waals surface area contributed by atoms with E-state index in [4.69, 9.17) is 5.11 Å². The summed E-state index contributed by atoms with van der Waals surface area (Å²) >= 11 is 0. The van der Waals surface area contributed by atoms with Gasteiger partial charge in [0.25, 0.3) is 0 Å². The molecule has 4 nitrogen and oxygen atoms in total. The summed E-state index contributed by atoms with van der Waals surface area (Å²) in [4.78, 5) is 15.5. The molecule has 0 saturated carbocycles. The Morgan fingerprint density at radius 2 is 2.00 bits per heavy atom. The quantitative estimate of drug-likeness (QED) is 0.822. The molecule has 0 radical (unpaired) electrons. The monoisotopic (exact) mass is 232 g/mol. The number of rotatable bonds is 1. The van der Waals surface area contributed by atoms with Gasteiger partial charge in [0.2, 0.25) is 0 Å². The van der Waals surface area contributed by atoms with Crippen LogP contribution in [0, 0.1) is 6.92 Å². The van der Waals surface area contributed by atoms with Crippen LogP contribution in [0.15, 0.2) is 18.2 Å². The number of aryl methyl sites for hydroxylation is 1. The molecule has 1 aromatic carbocycles. The fourth-order valence-corrected chi connectivity index (χ4v) is 2.23. The molecule has 0 spiro atoms. The lowest BCUT2D eigenvalue weighted by atomic mass is 10.1. The fourth-order valence-electron chi connectivity index (χ4n) is 2.23. The molecule has 0 aliphatic carbocycles. The van der Waals surface area contributed by atoms with Gasteiger partial charge >= 0.3 is 5.97 Å². The highest BCUT2D eigenvalue weighted by Gasteiger charge is 2.21. The number of fused-ring (bicyclic) bond motifs is 1. The van der Waals surface area contributed by atoms with Gasteiger partial charge in [-0.05, 0) is 39.8 Å². The van der Waals surface area contributed by atoms with Crippen LogP contribution in [0.1, 0.15) is 37.0 Å². The van der Waals surface area contributed by atoms with Gasteiger partial charge in [0.15, 0.2) is 0 Å². The first-order chi connectivity index (χ1) is 7.82. The molecule has 1 heterocycles. The largest absolute Gasteiger partial charge is 0.478 e. The number of aromatic carboxylic acids is 1. The number of benzene rings is 1. The molecule has 1 N–H and O–H groups in total. The minimum atomic E-state index is -0.936. The number of nitrogens with zero attached hydrogens (tertiary/aromatic N) is 2. The predicted molar refractivity (Wildman–Crippen MR) is 66.4 cm³/mol. The number of carboxylic acids is 1. The molecule has 1 aromatic heterocycles. The van der Waals surface area contributed by atoms with E-state index in [1.54, 1.807) is 12.1 Å². The van der Waals surface area contributed by atoms with Gasteiger partial charge in [0, 0.05) is 5.54 Å². The van der Waals surface area contributed by atoms with Crippen molar-refractivity contribution in [2.45, 2.75) is 33.2 Å². The molecule has 0 saturated heterocycles. The van der Waals surface area contributed by atoms with Crippen LogP contribution in [-0.4, -0.2) is 20.6 Å². The second-order valence-corrected chi connectivity index (χ2v) is 5.14. The van der Waals surface area contributed by atoms with Gasteiger partial charge < -0.3 is 9.67 Å². The molecule has 0 aliphatic heterocycles. The molecular weight excluding hydrogens is 216 g/mol. The Labute approximate surface area is 99.9 Å². The van der Waals surface area contributed by atoms with E-state index in [-0.39, 0.29) is 11.1 Å². The molecule has 0 atom stereocenters. The van der Waals surface area contributed by atoms with Crippen LogP contribution in [0.4, 0.5) is 0 Å². The zero-order valence-electron chi connectivity index (χ0n) is 10.5. The normalized spacial score (nSPS) is 12.0. The highest BCUT2D eigenvalue weighted by molar-refractivity contribution is 6.01. The second kappa shape index (κ2) is 3.58. The van der Waals surface area contributed by atoms with E-state index in [2.05, 4.69) is 30.3 Å². The Morgan fingerprint density at radius 3 is 2.53 bits per heavy atom. The van der Waals surface area contributed by atoms with E-state index in [9.17, 15) is 4.79 Å². The number of hydrogen-bond donors (Lipinski definition) is 1. The van der Waals surface area contributed by atoms with Crippen LogP contribution in [-0.2, 0) is 5.54 Å². The Morgan fingerprint density at radius 1 is 1.35 bits per heavy atom. The van der Waals surface area contributed by atoms with E-state index >= 15 is 0 Å². The maximum Gasteiger partial charge on any atom is 0.337 e. The van der Waals surface area contributed by atoms with E-state index in [1.165, 1.54) is 0 Å². The Kier molecular flexibility index (Phi) is 2.45. The zero-order valence-corrected chi connectivity index (χ0v) is 10.5. The van der Waals surface area contributed by atoms with Crippen molar-refractivity contribution >= 4 is 17.0 Å². The molecule has 0 bridgehead atoms. The first-order valence-electron chi connectivity index (χ1n) is 5.54. The maximum absolute atomic E-state index is 11.1. The zero-order chi connectivity index (χ0) is 12.8. The highest BCUT2D eigenvalue weighted by Crippen LogP contribution is 2.26. The van der Waals surface area contributed by atoms with Gasteiger partial charge in [-0.3, -0.25) is 0 Å². The lowest BCUT2D eigenvalue weighted by Gasteiger charge is -2.23. The first kappa shape index (κ1) is 11.6. The standard InChI is InChI=1S/C13H16N2O2/c1-8-14-11-9(12(16)17)6-5-7-10(11)15(8)13(2,3)4/h5-7H,1-4H3,(H,16,17). The van der Waals surface area contributed by atoms with E-state index in [1.807, 2.05) is 13.0 Å². The van der Waals surface area contributed by atoms with Crippen molar-refractivity contribution in [2.75, 3.05) is 0 Å². The summed E-state index contributed by atoms with van der Waals surface area (Å²) in [5, 5.41) is 9.14. The topological polar surface area (TPSA) is 55.1 Å². The third kappa shape index (κ3) is 1.79. The van der Waals surface area contributed by atoms with Crippen LogP contribution in [0.5, 0.6) is 0 Å². The number of para-hydroxylation sites is 1. The molecule has 2 rings (SSSR count). The van der Waals surface area contributed by atoms with Gasteiger partial charge in [0.05, 0.1) is 11.1 Å². The summed E-state index contributed by atoms with van der Waals surface area (Å²) in [6.07, 6.45) is 0. The van der Waals surface area contributed by atoms with E-state index in [0.717, 1.165) is 11.3 Å². The summed E-state index contributed by atoms with van der Waals surface area (Å²) in [6, 6.07) is 5.26. The first-order valence-corrected chi connectivity index (χ1v) is 5.54. The van der Waals surface area contributed by atoms with Crippen LogP contribution in [0.3, 0.4) is 0 Å². The molecule has 4 heteroatoms. The summed E-state index contributed by atoms with van der Waals surface area (Å²) in [6.45, 7) is 8.13. The highest BCUT2D eigenvalue weighted by atomic mass is 16.4. The number of carboxylic acid groups (broad SMARTS) is 1. The molecule has 2 aromatic rings. The number of imidazole rings is 1. The van der Waals surface area contributed by atoms with Crippen molar-refractivity contribution in [3.63, 3.8) is 0 Å². The molecule has 0 unspecified atom stereocenters. The number of carbonyl (C=O) groups is 1. The minimum absolute atomic E-state index is 0.115. The van der Waals surface area contributed by atoms with E-state index in [0.29, 0.717) is 5.52 Å². The number of aromatic nitrogens is 2. The summed E-state index contributed by atoms with van der Waals surface area (Å²) in [5.74, 6) is -0.102. The molecule has 0 aliphatic rings. The van der Waals surface area contributed by atoms with Gasteiger partial charge in [-0.2, -0.15) is 0 Å². The van der Waals surface area contributed by atoms with Crippen molar-refractivity contribution in [3.05, 3.63) is 29.6 Å². The molecule has 17 heavy (non-hydrogen) atoms.